The number of hydrogen-bond acceptors (Lipinski definition) is 4. The second kappa shape index (κ2) is 13.4. The summed E-state index contributed by atoms with van der Waals surface area (Å²) in [6, 6.07) is 13.2. The molecule has 0 aliphatic carbocycles. The van der Waals surface area contributed by atoms with Crippen LogP contribution in [0.5, 0.6) is 0 Å². The number of nitrogens with two attached hydrogens (primary N) is 1. The van der Waals surface area contributed by atoms with Crippen LogP contribution in [0, 0.1) is 5.41 Å². The van der Waals surface area contributed by atoms with Crippen LogP contribution in [0.4, 0.5) is 13.2 Å². The van der Waals surface area contributed by atoms with Gasteiger partial charge in [-0.1, -0.05) is 49.7 Å². The normalized spacial score (nSPS) is 17.8. The van der Waals surface area contributed by atoms with Crippen LogP contribution in [-0.4, -0.2) is 43.3 Å². The fraction of sp³-hybridized carbons (Fsp3) is 0.448. The Labute approximate surface area is 218 Å². The fourth-order valence-electron chi connectivity index (χ4n) is 4.86. The number of likely N-dealkylation sites (tertiary alicyclic amines) is 1. The summed E-state index contributed by atoms with van der Waals surface area (Å²) in [7, 11) is 2.06. The Balaban J connectivity index is 0.00000121. The van der Waals surface area contributed by atoms with Crippen LogP contribution < -0.4 is 11.1 Å². The lowest BCUT2D eigenvalue weighted by Crippen LogP contribution is -2.42. The Hall–Kier alpha value is -3.13. The van der Waals surface area contributed by atoms with Crippen molar-refractivity contribution in [1.29, 1.82) is 5.41 Å². The summed E-state index contributed by atoms with van der Waals surface area (Å²) in [4.78, 5) is 6.82. The van der Waals surface area contributed by atoms with Crippen molar-refractivity contribution in [2.45, 2.75) is 64.1 Å². The molecule has 0 aromatic heterocycles. The van der Waals surface area contributed by atoms with Gasteiger partial charge in [0.1, 0.15) is 5.84 Å². The molecule has 0 amide bonds. The van der Waals surface area contributed by atoms with E-state index in [0.717, 1.165) is 56.4 Å². The van der Waals surface area contributed by atoms with Gasteiger partial charge in [-0.05, 0) is 86.5 Å². The first-order chi connectivity index (χ1) is 17.8. The predicted octanol–water partition coefficient (Wildman–Crippen LogP) is 5.82. The predicted molar refractivity (Wildman–Crippen MR) is 146 cm³/mol. The molecular weight excluding hydrogens is 475 g/mol. The molecule has 1 saturated heterocycles. The molecule has 4 N–H and O–H groups in total. The maximum Gasteiger partial charge on any atom is 0.416 e. The lowest BCUT2D eigenvalue weighted by molar-refractivity contribution is -0.138. The van der Waals surface area contributed by atoms with Crippen molar-refractivity contribution in [1.82, 2.24) is 10.2 Å². The molecule has 1 atom stereocenters. The number of amidine groups is 1. The van der Waals surface area contributed by atoms with E-state index in [-0.39, 0.29) is 6.04 Å². The molecule has 0 saturated carbocycles. The SMILES string of the molecule is CCCCc1ccc(CCc2ccc(C3=CCN=C(C4CCCN4C)N3)cc2C(F)(F)F)cc1.N=CN. The Bertz CT molecular complexity index is 1090. The quantitative estimate of drug-likeness (QED) is 0.307. The summed E-state index contributed by atoms with van der Waals surface area (Å²) in [6.45, 7) is 3.66. The number of aliphatic imine (C=N–C) groups is 1. The molecule has 1 fully saturated rings. The van der Waals surface area contributed by atoms with Crippen LogP contribution in [0.3, 0.4) is 0 Å². The van der Waals surface area contributed by atoms with E-state index in [4.69, 9.17) is 5.41 Å². The molecule has 0 spiro atoms. The summed E-state index contributed by atoms with van der Waals surface area (Å²) in [5.41, 5.74) is 7.80. The molecule has 0 bridgehead atoms. The van der Waals surface area contributed by atoms with Gasteiger partial charge in [0.25, 0.3) is 0 Å². The largest absolute Gasteiger partial charge is 0.416 e. The van der Waals surface area contributed by atoms with Gasteiger partial charge in [-0.3, -0.25) is 15.3 Å². The first-order valence-corrected chi connectivity index (χ1v) is 13.0. The van der Waals surface area contributed by atoms with Gasteiger partial charge in [0.05, 0.1) is 24.5 Å². The molecule has 5 nitrogen and oxygen atoms in total. The molecule has 2 heterocycles. The van der Waals surface area contributed by atoms with Crippen LogP contribution in [0.25, 0.3) is 5.70 Å². The van der Waals surface area contributed by atoms with E-state index in [1.165, 1.54) is 11.6 Å². The highest BCUT2D eigenvalue weighted by molar-refractivity contribution is 5.96. The number of unbranched alkanes of at least 4 members (excludes halogenated alkanes) is 1. The smallest absolute Gasteiger partial charge is 0.390 e. The molecule has 0 radical (unpaired) electrons. The van der Waals surface area contributed by atoms with E-state index >= 15 is 0 Å². The number of benzene rings is 2. The van der Waals surface area contributed by atoms with Crippen molar-refractivity contribution in [3.63, 3.8) is 0 Å². The summed E-state index contributed by atoms with van der Waals surface area (Å²) < 4.78 is 42.0. The Kier molecular flexibility index (Phi) is 10.3. The van der Waals surface area contributed by atoms with Crippen molar-refractivity contribution in [3.05, 3.63) is 76.4 Å². The second-order valence-corrected chi connectivity index (χ2v) is 9.56. The highest BCUT2D eigenvalue weighted by Gasteiger charge is 2.34. The summed E-state index contributed by atoms with van der Waals surface area (Å²) in [6.07, 6.45) is 4.63. The summed E-state index contributed by atoms with van der Waals surface area (Å²) >= 11 is 0. The maximum absolute atomic E-state index is 14.0. The molecule has 200 valence electrons. The van der Waals surface area contributed by atoms with E-state index < -0.39 is 11.7 Å². The van der Waals surface area contributed by atoms with Gasteiger partial charge < -0.3 is 11.1 Å². The molecule has 2 aliphatic rings. The zero-order valence-electron chi connectivity index (χ0n) is 21.7. The van der Waals surface area contributed by atoms with E-state index in [9.17, 15) is 13.2 Å². The standard InChI is InChI=1S/C28H34F3N3.CH4N2/c1-3-4-6-20-8-10-21(11-9-20)12-13-22-14-15-23(19-24(22)28(29,30)31)25-16-17-32-27(33-25)26-7-5-18-34(26)2;2-1-3/h8-11,14-16,19,26H,3-7,12-13,17-18H2,1-2H3,(H,32,33);1H,(H3,2,3). The van der Waals surface area contributed by atoms with Crippen molar-refractivity contribution in [2.75, 3.05) is 20.1 Å². The van der Waals surface area contributed by atoms with E-state index in [2.05, 4.69) is 47.0 Å². The molecule has 8 heteroatoms. The third-order valence-corrected chi connectivity index (χ3v) is 6.91. The number of nitrogens with zero attached hydrogens (tertiary/aromatic N) is 2. The highest BCUT2D eigenvalue weighted by atomic mass is 19.4. The zero-order chi connectivity index (χ0) is 26.8. The minimum Gasteiger partial charge on any atom is -0.390 e. The van der Waals surface area contributed by atoms with Crippen LogP contribution >= 0.6 is 0 Å². The average Bonchev–Trinajstić information content (AvgIpc) is 3.32. The number of halogens is 3. The monoisotopic (exact) mass is 513 g/mol. The first kappa shape index (κ1) is 28.4. The van der Waals surface area contributed by atoms with E-state index in [0.29, 0.717) is 36.2 Å². The van der Waals surface area contributed by atoms with Crippen molar-refractivity contribution in [2.24, 2.45) is 10.7 Å². The van der Waals surface area contributed by atoms with Crippen LogP contribution in [-0.2, 0) is 25.4 Å². The second-order valence-electron chi connectivity index (χ2n) is 9.56. The van der Waals surface area contributed by atoms with Gasteiger partial charge in [0, 0.05) is 5.70 Å². The minimum absolute atomic E-state index is 0.207. The third-order valence-electron chi connectivity index (χ3n) is 6.91. The lowest BCUT2D eigenvalue weighted by Gasteiger charge is -2.26. The van der Waals surface area contributed by atoms with Crippen LogP contribution in [0.1, 0.15) is 60.4 Å². The third kappa shape index (κ3) is 7.92. The fourth-order valence-corrected chi connectivity index (χ4v) is 4.86. The Morgan fingerprint density at radius 3 is 2.38 bits per heavy atom. The number of alkyl halides is 3. The molecule has 37 heavy (non-hydrogen) atoms. The minimum atomic E-state index is -4.40. The number of hydrogen-bond donors (Lipinski definition) is 3. The molecule has 2 aromatic rings. The Morgan fingerprint density at radius 2 is 1.78 bits per heavy atom. The lowest BCUT2D eigenvalue weighted by atomic mass is 9.95. The van der Waals surface area contributed by atoms with Crippen molar-refractivity contribution < 1.29 is 13.2 Å². The van der Waals surface area contributed by atoms with E-state index in [1.807, 2.05) is 18.2 Å². The number of rotatable bonds is 8. The van der Waals surface area contributed by atoms with Gasteiger partial charge in [-0.15, -0.1) is 0 Å². The molecule has 2 aromatic carbocycles. The summed E-state index contributed by atoms with van der Waals surface area (Å²) in [5, 5.41) is 9.18. The number of nitrogens with one attached hydrogen (secondary N) is 2. The maximum atomic E-state index is 14.0. The van der Waals surface area contributed by atoms with Crippen molar-refractivity contribution >= 4 is 17.9 Å². The average molecular weight is 514 g/mol. The zero-order valence-corrected chi connectivity index (χ0v) is 21.7. The van der Waals surface area contributed by atoms with Crippen molar-refractivity contribution in [3.8, 4) is 0 Å². The topological polar surface area (TPSA) is 77.5 Å². The Morgan fingerprint density at radius 1 is 1.11 bits per heavy atom. The highest BCUT2D eigenvalue weighted by Crippen LogP contribution is 2.35. The first-order valence-electron chi connectivity index (χ1n) is 13.0. The molecular formula is C29H38F3N5. The molecule has 4 rings (SSSR count). The molecule has 1 unspecified atom stereocenters. The van der Waals surface area contributed by atoms with E-state index in [1.54, 1.807) is 12.1 Å². The molecule has 2 aliphatic heterocycles. The van der Waals surface area contributed by atoms with Gasteiger partial charge in [-0.25, -0.2) is 0 Å². The van der Waals surface area contributed by atoms with Crippen LogP contribution in [0.15, 0.2) is 53.5 Å². The van der Waals surface area contributed by atoms with Crippen LogP contribution in [0.2, 0.25) is 0 Å². The number of likely N-dealkylation sites (N-methyl/N-ethyl adjacent to an activating group) is 1. The van der Waals surface area contributed by atoms with Gasteiger partial charge >= 0.3 is 6.18 Å². The number of aryl methyl sites for hydroxylation is 3. The van der Waals surface area contributed by atoms with Gasteiger partial charge in [-0.2, -0.15) is 13.2 Å². The van der Waals surface area contributed by atoms with Gasteiger partial charge in [0.2, 0.25) is 0 Å². The van der Waals surface area contributed by atoms with Gasteiger partial charge in [0.15, 0.2) is 0 Å². The summed E-state index contributed by atoms with van der Waals surface area (Å²) in [5.74, 6) is 0.859.